The Hall–Kier alpha value is -2.61. The van der Waals surface area contributed by atoms with Crippen molar-refractivity contribution in [1.82, 2.24) is 0 Å². The molecule has 266 valence electrons. The zero-order chi connectivity index (χ0) is 33.5. The third-order valence-electron chi connectivity index (χ3n) is 8.04. The van der Waals surface area contributed by atoms with Crippen LogP contribution < -0.4 is 9.47 Å². The number of hydrogen-bond acceptors (Lipinski definition) is 7. The predicted molar refractivity (Wildman–Crippen MR) is 191 cm³/mol. The van der Waals surface area contributed by atoms with Gasteiger partial charge in [-0.15, -0.1) is 0 Å². The van der Waals surface area contributed by atoms with Crippen molar-refractivity contribution >= 4 is 5.97 Å². The molecule has 7 nitrogen and oxygen atoms in total. The molecule has 2 rings (SSSR count). The number of benzene rings is 2. The van der Waals surface area contributed by atoms with Gasteiger partial charge in [0.1, 0.15) is 24.7 Å². The molecule has 0 spiro atoms. The highest BCUT2D eigenvalue weighted by Crippen LogP contribution is 2.25. The SMILES string of the molecule is CCCCCCCCCCCCCCCCCCOc1cc(OCCOCCOCCOCC)cc(C(=O)OCc2ccccc2)c1. The molecule has 47 heavy (non-hydrogen) atoms. The average molecular weight is 657 g/mol. The van der Waals surface area contributed by atoms with E-state index >= 15 is 0 Å². The summed E-state index contributed by atoms with van der Waals surface area (Å²) in [5.74, 6) is 0.753. The largest absolute Gasteiger partial charge is 0.493 e. The quantitative estimate of drug-likeness (QED) is 0.0573. The first-order valence-corrected chi connectivity index (χ1v) is 18.6. The van der Waals surface area contributed by atoms with Gasteiger partial charge < -0.3 is 28.4 Å². The normalized spacial score (nSPS) is 11.1. The van der Waals surface area contributed by atoms with Gasteiger partial charge in [-0.05, 0) is 31.0 Å². The second-order valence-electron chi connectivity index (χ2n) is 12.2. The first kappa shape index (κ1) is 40.6. The third-order valence-corrected chi connectivity index (χ3v) is 8.04. The van der Waals surface area contributed by atoms with E-state index in [-0.39, 0.29) is 6.61 Å². The smallest absolute Gasteiger partial charge is 0.338 e. The highest BCUT2D eigenvalue weighted by atomic mass is 16.6. The van der Waals surface area contributed by atoms with Gasteiger partial charge in [0.05, 0.1) is 45.2 Å². The molecule has 0 N–H and O–H groups in total. The lowest BCUT2D eigenvalue weighted by Crippen LogP contribution is -2.13. The summed E-state index contributed by atoms with van der Waals surface area (Å²) < 4.78 is 33.9. The van der Waals surface area contributed by atoms with E-state index in [0.29, 0.717) is 69.9 Å². The van der Waals surface area contributed by atoms with E-state index in [1.165, 1.54) is 89.9 Å². The van der Waals surface area contributed by atoms with Gasteiger partial charge in [0, 0.05) is 12.7 Å². The van der Waals surface area contributed by atoms with Gasteiger partial charge in [-0.1, -0.05) is 134 Å². The van der Waals surface area contributed by atoms with Crippen LogP contribution in [0.5, 0.6) is 11.5 Å². The Balaban J connectivity index is 1.65. The Morgan fingerprint density at radius 3 is 1.51 bits per heavy atom. The summed E-state index contributed by atoms with van der Waals surface area (Å²) in [5, 5.41) is 0. The van der Waals surface area contributed by atoms with E-state index in [4.69, 9.17) is 28.4 Å². The van der Waals surface area contributed by atoms with Crippen molar-refractivity contribution in [2.24, 2.45) is 0 Å². The standard InChI is InChI=1S/C40H64O7/c1-3-5-6-7-8-9-10-11-12-13-14-15-16-17-18-22-25-45-38-32-37(40(41)47-35-36-23-20-19-21-24-36)33-39(34-38)46-31-30-44-29-28-43-27-26-42-4-2/h19-21,23-24,32-34H,3-18,22,25-31,35H2,1-2H3. The molecule has 0 aromatic heterocycles. The van der Waals surface area contributed by atoms with Crippen molar-refractivity contribution in [3.05, 3.63) is 59.7 Å². The zero-order valence-corrected chi connectivity index (χ0v) is 29.7. The second-order valence-corrected chi connectivity index (χ2v) is 12.2. The first-order chi connectivity index (χ1) is 23.2. The van der Waals surface area contributed by atoms with Crippen molar-refractivity contribution in [3.63, 3.8) is 0 Å². The molecule has 0 saturated heterocycles. The van der Waals surface area contributed by atoms with Gasteiger partial charge in [0.15, 0.2) is 0 Å². The lowest BCUT2D eigenvalue weighted by atomic mass is 10.0. The summed E-state index contributed by atoms with van der Waals surface area (Å²) >= 11 is 0. The molecular weight excluding hydrogens is 592 g/mol. The van der Waals surface area contributed by atoms with E-state index in [1.807, 2.05) is 43.3 Å². The van der Waals surface area contributed by atoms with Crippen LogP contribution in [0, 0.1) is 0 Å². The highest BCUT2D eigenvalue weighted by Gasteiger charge is 2.13. The molecule has 0 aliphatic carbocycles. The number of esters is 1. The number of rotatable bonds is 32. The van der Waals surface area contributed by atoms with Crippen LogP contribution >= 0.6 is 0 Å². The average Bonchev–Trinajstić information content (AvgIpc) is 3.09. The van der Waals surface area contributed by atoms with Crippen LogP contribution in [0.15, 0.2) is 48.5 Å². The minimum absolute atomic E-state index is 0.209. The van der Waals surface area contributed by atoms with E-state index in [0.717, 1.165) is 18.4 Å². The Kier molecular flexibility index (Phi) is 25.5. The zero-order valence-electron chi connectivity index (χ0n) is 29.7. The fourth-order valence-electron chi connectivity index (χ4n) is 5.31. The van der Waals surface area contributed by atoms with Crippen molar-refractivity contribution < 1.29 is 33.2 Å². The molecule has 0 aliphatic heterocycles. The van der Waals surface area contributed by atoms with Crippen molar-refractivity contribution in [3.8, 4) is 11.5 Å². The van der Waals surface area contributed by atoms with Gasteiger partial charge in [-0.3, -0.25) is 0 Å². The summed E-state index contributed by atoms with van der Waals surface area (Å²) in [5.41, 5.74) is 1.34. The lowest BCUT2D eigenvalue weighted by molar-refractivity contribution is 0.0114. The van der Waals surface area contributed by atoms with Gasteiger partial charge in [0.25, 0.3) is 0 Å². The molecule has 0 radical (unpaired) electrons. The van der Waals surface area contributed by atoms with E-state index in [1.54, 1.807) is 12.1 Å². The Morgan fingerprint density at radius 2 is 0.979 bits per heavy atom. The topological polar surface area (TPSA) is 72.5 Å². The molecule has 0 atom stereocenters. The van der Waals surface area contributed by atoms with Crippen LogP contribution in [0.3, 0.4) is 0 Å². The summed E-state index contributed by atoms with van der Waals surface area (Å²) in [6, 6.07) is 14.9. The van der Waals surface area contributed by atoms with Gasteiger partial charge in [-0.2, -0.15) is 0 Å². The molecule has 7 heteroatoms. The summed E-state index contributed by atoms with van der Waals surface area (Å²) in [4.78, 5) is 12.9. The van der Waals surface area contributed by atoms with Crippen molar-refractivity contribution in [2.75, 3.05) is 52.9 Å². The molecule has 0 bridgehead atoms. The van der Waals surface area contributed by atoms with Crippen LogP contribution in [-0.2, 0) is 25.6 Å². The van der Waals surface area contributed by atoms with E-state index in [2.05, 4.69) is 6.92 Å². The molecular formula is C40H64O7. The number of ether oxygens (including phenoxy) is 6. The fraction of sp³-hybridized carbons (Fsp3) is 0.675. The predicted octanol–water partition coefficient (Wildman–Crippen LogP) is 10.1. The van der Waals surface area contributed by atoms with E-state index in [9.17, 15) is 4.79 Å². The molecule has 0 aliphatic rings. The van der Waals surface area contributed by atoms with Crippen molar-refractivity contribution in [2.45, 2.75) is 123 Å². The van der Waals surface area contributed by atoms with Crippen LogP contribution in [0.4, 0.5) is 0 Å². The summed E-state index contributed by atoms with van der Waals surface area (Å²) in [6.07, 6.45) is 21.4. The maximum absolute atomic E-state index is 12.9. The van der Waals surface area contributed by atoms with Gasteiger partial charge in [-0.25, -0.2) is 4.79 Å². The minimum Gasteiger partial charge on any atom is -0.493 e. The Labute approximate surface area is 286 Å². The van der Waals surface area contributed by atoms with Crippen LogP contribution in [0.1, 0.15) is 133 Å². The summed E-state index contributed by atoms with van der Waals surface area (Å²) in [6.45, 7) is 8.64. The maximum atomic E-state index is 12.9. The molecule has 0 fully saturated rings. The highest BCUT2D eigenvalue weighted by molar-refractivity contribution is 5.90. The van der Waals surface area contributed by atoms with Crippen molar-refractivity contribution in [1.29, 1.82) is 0 Å². The van der Waals surface area contributed by atoms with Gasteiger partial charge in [0.2, 0.25) is 0 Å². The molecule has 0 saturated carbocycles. The monoisotopic (exact) mass is 656 g/mol. The first-order valence-electron chi connectivity index (χ1n) is 18.6. The third kappa shape index (κ3) is 22.6. The lowest BCUT2D eigenvalue weighted by Gasteiger charge is -2.13. The summed E-state index contributed by atoms with van der Waals surface area (Å²) in [7, 11) is 0. The Morgan fingerprint density at radius 1 is 0.511 bits per heavy atom. The van der Waals surface area contributed by atoms with Crippen LogP contribution in [0.25, 0.3) is 0 Å². The maximum Gasteiger partial charge on any atom is 0.338 e. The number of hydrogen-bond donors (Lipinski definition) is 0. The molecule has 0 heterocycles. The van der Waals surface area contributed by atoms with Crippen LogP contribution in [-0.4, -0.2) is 58.8 Å². The molecule has 2 aromatic carbocycles. The second kappa shape index (κ2) is 29.5. The molecule has 2 aromatic rings. The van der Waals surface area contributed by atoms with Gasteiger partial charge >= 0.3 is 5.97 Å². The fourth-order valence-corrected chi connectivity index (χ4v) is 5.31. The number of carbonyl (C=O) groups excluding carboxylic acids is 1. The number of unbranched alkanes of at least 4 members (excludes halogenated alkanes) is 15. The molecule has 0 unspecified atom stereocenters. The minimum atomic E-state index is -0.410. The van der Waals surface area contributed by atoms with E-state index < -0.39 is 5.97 Å². The molecule has 0 amide bonds. The number of carbonyl (C=O) groups is 1. The van der Waals surface area contributed by atoms with Crippen LogP contribution in [0.2, 0.25) is 0 Å². The Bertz CT molecular complexity index is 997.